The van der Waals surface area contributed by atoms with Gasteiger partial charge >= 0.3 is 0 Å². The average molecular weight is 348 g/mol. The fraction of sp³-hybridized carbons (Fsp3) is 0.200. The molecule has 1 aliphatic rings. The number of hydrogen-bond donors (Lipinski definition) is 1. The van der Waals surface area contributed by atoms with Crippen molar-refractivity contribution < 1.29 is 11.0 Å². The number of nitriles is 1. The lowest BCUT2D eigenvalue weighted by Gasteiger charge is -2.29. The normalized spacial score (nSPS) is 13.1. The molecule has 132 valence electrons. The average Bonchev–Trinajstić information content (AvgIpc) is 2.68. The van der Waals surface area contributed by atoms with Crippen molar-refractivity contribution in [1.29, 1.82) is 5.26 Å². The second-order valence-electron chi connectivity index (χ2n) is 5.79. The molecule has 0 spiro atoms. The highest BCUT2D eigenvalue weighted by molar-refractivity contribution is 5.57. The summed E-state index contributed by atoms with van der Waals surface area (Å²) in [6.07, 6.45) is 5.49. The van der Waals surface area contributed by atoms with E-state index in [4.69, 9.17) is 5.26 Å². The van der Waals surface area contributed by atoms with Crippen molar-refractivity contribution in [2.75, 3.05) is 18.0 Å². The molecule has 1 saturated heterocycles. The number of benzene rings is 1. The van der Waals surface area contributed by atoms with E-state index in [0.717, 1.165) is 42.8 Å². The first-order valence-electron chi connectivity index (χ1n) is 8.15. The van der Waals surface area contributed by atoms with Crippen LogP contribution in [-0.2, 0) is 0 Å². The molecule has 6 heteroatoms. The van der Waals surface area contributed by atoms with Gasteiger partial charge in [-0.3, -0.25) is 0 Å². The van der Waals surface area contributed by atoms with E-state index in [1.807, 2.05) is 18.2 Å². The molecular weight excluding hydrogens is 328 g/mol. The van der Waals surface area contributed by atoms with Gasteiger partial charge in [0, 0.05) is 30.9 Å². The standard InChI is InChI=1S/C20H18N4O.H2O/c21-15-18-7-2-6-17(14-18)5-1-4-16-9-12-24(13-10-16)20-19(23-25)8-3-11-22-20;/h2-4,6-8,11,14H,9-10,12-13,23H2;1H2. The summed E-state index contributed by atoms with van der Waals surface area (Å²) in [5.74, 6) is 6.93. The Kier molecular flexibility index (Phi) is 6.90. The van der Waals surface area contributed by atoms with Crippen molar-refractivity contribution in [3.63, 3.8) is 0 Å². The maximum Gasteiger partial charge on any atom is 0.191 e. The summed E-state index contributed by atoms with van der Waals surface area (Å²) in [7, 11) is 0. The summed E-state index contributed by atoms with van der Waals surface area (Å²) in [6.45, 7) is 1.66. The zero-order valence-corrected chi connectivity index (χ0v) is 14.3. The van der Waals surface area contributed by atoms with Crippen LogP contribution in [0, 0.1) is 28.4 Å². The van der Waals surface area contributed by atoms with E-state index in [9.17, 15) is 5.21 Å². The minimum atomic E-state index is 0. The molecule has 1 fully saturated rings. The Morgan fingerprint density at radius 1 is 1.15 bits per heavy atom. The minimum absolute atomic E-state index is 0. The molecule has 1 aromatic carbocycles. The topological polar surface area (TPSA) is 111 Å². The summed E-state index contributed by atoms with van der Waals surface area (Å²) in [5.41, 5.74) is 4.25. The van der Waals surface area contributed by atoms with E-state index in [2.05, 4.69) is 27.8 Å². The van der Waals surface area contributed by atoms with Gasteiger partial charge in [-0.2, -0.15) is 5.26 Å². The molecule has 2 aromatic rings. The molecule has 0 amide bonds. The number of piperidine rings is 1. The first kappa shape index (κ1) is 19.2. The second-order valence-corrected chi connectivity index (χ2v) is 5.79. The molecule has 26 heavy (non-hydrogen) atoms. The smallest absolute Gasteiger partial charge is 0.191 e. The molecule has 6 nitrogen and oxygen atoms in total. The van der Waals surface area contributed by atoms with Gasteiger partial charge in [-0.25, -0.2) is 4.98 Å². The Labute approximate surface area is 152 Å². The molecule has 3 rings (SSSR count). The molecule has 2 heterocycles. The number of anilines is 1. The van der Waals surface area contributed by atoms with Crippen molar-refractivity contribution >= 4 is 11.5 Å². The third-order valence-electron chi connectivity index (χ3n) is 4.13. The second kappa shape index (κ2) is 9.36. The molecule has 0 bridgehead atoms. The quantitative estimate of drug-likeness (QED) is 0.653. The summed E-state index contributed by atoms with van der Waals surface area (Å²) >= 11 is 0. The van der Waals surface area contributed by atoms with Gasteiger partial charge in [-0.15, -0.1) is 0 Å². The Morgan fingerprint density at radius 2 is 1.92 bits per heavy atom. The third kappa shape index (κ3) is 4.69. The zero-order chi connectivity index (χ0) is 17.5. The SMILES string of the molecule is N#Cc1cccc(C#CC=C2CCN(c3ncccc3[NH2+][O-])CC2)c1.O. The lowest BCUT2D eigenvalue weighted by atomic mass is 10.0. The highest BCUT2D eigenvalue weighted by Gasteiger charge is 2.18. The lowest BCUT2D eigenvalue weighted by Crippen LogP contribution is -2.70. The number of rotatable bonds is 2. The van der Waals surface area contributed by atoms with Crippen LogP contribution >= 0.6 is 0 Å². The number of aromatic nitrogens is 1. The van der Waals surface area contributed by atoms with Crippen LogP contribution in [-0.4, -0.2) is 23.5 Å². The summed E-state index contributed by atoms with van der Waals surface area (Å²) < 4.78 is 0. The van der Waals surface area contributed by atoms with Gasteiger partial charge in [-0.05, 0) is 43.2 Å². The fourth-order valence-electron chi connectivity index (χ4n) is 2.80. The zero-order valence-electron chi connectivity index (χ0n) is 14.3. The van der Waals surface area contributed by atoms with E-state index >= 15 is 0 Å². The van der Waals surface area contributed by atoms with Gasteiger partial charge < -0.3 is 21.1 Å². The summed E-state index contributed by atoms with van der Waals surface area (Å²) in [5, 5.41) is 20.0. The number of quaternary nitrogens is 1. The summed E-state index contributed by atoms with van der Waals surface area (Å²) in [6, 6.07) is 13.0. The van der Waals surface area contributed by atoms with Crippen LogP contribution in [0.25, 0.3) is 0 Å². The molecule has 0 radical (unpaired) electrons. The predicted octanol–water partition coefficient (Wildman–Crippen LogP) is 1.40. The predicted molar refractivity (Wildman–Crippen MR) is 100 cm³/mol. The van der Waals surface area contributed by atoms with Crippen molar-refractivity contribution in [3.05, 3.63) is 70.6 Å². The molecule has 1 aliphatic heterocycles. The van der Waals surface area contributed by atoms with E-state index in [1.165, 1.54) is 5.57 Å². The highest BCUT2D eigenvalue weighted by atomic mass is 16.5. The van der Waals surface area contributed by atoms with E-state index in [1.54, 1.807) is 30.5 Å². The molecule has 0 aliphatic carbocycles. The summed E-state index contributed by atoms with van der Waals surface area (Å²) in [4.78, 5) is 6.48. The minimum Gasteiger partial charge on any atom is -0.630 e. The van der Waals surface area contributed by atoms with E-state index in [0.29, 0.717) is 11.3 Å². The number of nitrogens with zero attached hydrogens (tertiary/aromatic N) is 3. The van der Waals surface area contributed by atoms with E-state index < -0.39 is 0 Å². The Hall–Kier alpha value is -3.16. The van der Waals surface area contributed by atoms with Gasteiger partial charge in [-0.1, -0.05) is 23.5 Å². The lowest BCUT2D eigenvalue weighted by molar-refractivity contribution is -0.496. The molecule has 0 saturated carbocycles. The van der Waals surface area contributed by atoms with Crippen molar-refractivity contribution in [2.24, 2.45) is 0 Å². The molecule has 0 atom stereocenters. The first-order valence-corrected chi connectivity index (χ1v) is 8.15. The maximum absolute atomic E-state index is 11.1. The van der Waals surface area contributed by atoms with Crippen molar-refractivity contribution in [2.45, 2.75) is 12.8 Å². The molecule has 0 unspecified atom stereocenters. The number of pyridine rings is 1. The van der Waals surface area contributed by atoms with Crippen LogP contribution in [0.1, 0.15) is 24.0 Å². The van der Waals surface area contributed by atoms with Crippen LogP contribution in [0.2, 0.25) is 0 Å². The molecule has 1 aromatic heterocycles. The number of allylic oxidation sites excluding steroid dienone is 1. The first-order chi connectivity index (χ1) is 12.3. The van der Waals surface area contributed by atoms with Gasteiger partial charge in [0.15, 0.2) is 11.5 Å². The maximum atomic E-state index is 11.1. The Balaban J connectivity index is 0.00000243. The third-order valence-corrected chi connectivity index (χ3v) is 4.13. The van der Waals surface area contributed by atoms with Gasteiger partial charge in [0.1, 0.15) is 0 Å². The molecular formula is C20H20N4O2. The fourth-order valence-corrected chi connectivity index (χ4v) is 2.80. The van der Waals surface area contributed by atoms with Gasteiger partial charge in [0.25, 0.3) is 0 Å². The largest absolute Gasteiger partial charge is 0.630 e. The van der Waals surface area contributed by atoms with Gasteiger partial charge in [0.05, 0.1) is 11.6 Å². The van der Waals surface area contributed by atoms with Crippen LogP contribution in [0.3, 0.4) is 0 Å². The van der Waals surface area contributed by atoms with Gasteiger partial charge in [0.2, 0.25) is 0 Å². The van der Waals surface area contributed by atoms with E-state index in [-0.39, 0.29) is 5.48 Å². The molecule has 4 N–H and O–H groups in total. The van der Waals surface area contributed by atoms with Crippen LogP contribution in [0.4, 0.5) is 11.5 Å². The number of nitrogens with two attached hydrogens (primary N) is 1. The Morgan fingerprint density at radius 3 is 2.65 bits per heavy atom. The Bertz CT molecular complexity index is 880. The van der Waals surface area contributed by atoms with Crippen molar-refractivity contribution in [3.8, 4) is 17.9 Å². The number of hydrogen-bond acceptors (Lipinski definition) is 4. The van der Waals surface area contributed by atoms with Crippen LogP contribution < -0.4 is 10.4 Å². The highest BCUT2D eigenvalue weighted by Crippen LogP contribution is 2.24. The monoisotopic (exact) mass is 348 g/mol. The van der Waals surface area contributed by atoms with Crippen molar-refractivity contribution in [1.82, 2.24) is 4.98 Å². The van der Waals surface area contributed by atoms with Crippen LogP contribution in [0.15, 0.2) is 54.2 Å². The van der Waals surface area contributed by atoms with Crippen LogP contribution in [0.5, 0.6) is 0 Å².